The van der Waals surface area contributed by atoms with Gasteiger partial charge >= 0.3 is 0 Å². The van der Waals surface area contributed by atoms with Crippen molar-refractivity contribution >= 4 is 47.2 Å². The first-order valence-corrected chi connectivity index (χ1v) is 8.78. The van der Waals surface area contributed by atoms with Crippen LogP contribution in [-0.4, -0.2) is 31.5 Å². The van der Waals surface area contributed by atoms with Crippen LogP contribution in [0.4, 0.5) is 0 Å². The monoisotopic (exact) mass is 450 g/mol. The highest BCUT2D eigenvalue weighted by atomic mass is 127. The number of aliphatic imine (C=N–C) groups is 1. The first-order valence-electron chi connectivity index (χ1n) is 7.96. The number of carbonyl (C=O) groups is 1. The summed E-state index contributed by atoms with van der Waals surface area (Å²) in [5.41, 5.74) is 0. The van der Waals surface area contributed by atoms with Crippen LogP contribution in [0.2, 0.25) is 0 Å². The van der Waals surface area contributed by atoms with Crippen LogP contribution in [-0.2, 0) is 11.3 Å². The van der Waals surface area contributed by atoms with Gasteiger partial charge in [0.1, 0.15) is 0 Å². The van der Waals surface area contributed by atoms with E-state index in [0.29, 0.717) is 12.0 Å². The van der Waals surface area contributed by atoms with E-state index < -0.39 is 0 Å². The van der Waals surface area contributed by atoms with E-state index in [2.05, 4.69) is 40.0 Å². The molecule has 1 amide bonds. The van der Waals surface area contributed by atoms with E-state index in [4.69, 9.17) is 0 Å². The van der Waals surface area contributed by atoms with Crippen LogP contribution >= 0.6 is 35.3 Å². The quantitative estimate of drug-likeness (QED) is 0.367. The summed E-state index contributed by atoms with van der Waals surface area (Å²) < 4.78 is 0. The zero-order chi connectivity index (χ0) is 15.8. The average Bonchev–Trinajstić information content (AvgIpc) is 2.94. The number of amides is 1. The Morgan fingerprint density at radius 2 is 2.00 bits per heavy atom. The Morgan fingerprint density at radius 1 is 1.26 bits per heavy atom. The minimum absolute atomic E-state index is 0. The third kappa shape index (κ3) is 7.52. The van der Waals surface area contributed by atoms with E-state index >= 15 is 0 Å². The fourth-order valence-corrected chi connectivity index (χ4v) is 3.49. The number of rotatable bonds is 5. The molecule has 0 bridgehead atoms. The molecule has 1 heterocycles. The van der Waals surface area contributed by atoms with E-state index in [1.807, 2.05) is 0 Å². The van der Waals surface area contributed by atoms with Gasteiger partial charge in [-0.05, 0) is 31.9 Å². The molecule has 1 aromatic rings. The molecule has 0 unspecified atom stereocenters. The van der Waals surface area contributed by atoms with E-state index in [1.54, 1.807) is 18.4 Å². The number of thiophene rings is 1. The minimum Gasteiger partial charge on any atom is -0.352 e. The third-order valence-electron chi connectivity index (χ3n) is 3.84. The molecule has 130 valence electrons. The second-order valence-electron chi connectivity index (χ2n) is 5.69. The zero-order valence-electron chi connectivity index (χ0n) is 13.9. The maximum Gasteiger partial charge on any atom is 0.239 e. The molecule has 0 aliphatic heterocycles. The molecule has 2 rings (SSSR count). The summed E-state index contributed by atoms with van der Waals surface area (Å²) in [4.78, 5) is 18.7. The Bertz CT molecular complexity index is 512. The van der Waals surface area contributed by atoms with Crippen LogP contribution in [0.3, 0.4) is 0 Å². The molecule has 5 nitrogen and oxygen atoms in total. The Balaban J connectivity index is 0.00000264. The fourth-order valence-electron chi connectivity index (χ4n) is 2.66. The molecule has 1 saturated carbocycles. The summed E-state index contributed by atoms with van der Waals surface area (Å²) in [5.74, 6) is 0.701. The lowest BCUT2D eigenvalue weighted by molar-refractivity contribution is -0.120. The van der Waals surface area contributed by atoms with Gasteiger partial charge in [-0.3, -0.25) is 9.79 Å². The highest BCUT2D eigenvalue weighted by Crippen LogP contribution is 2.17. The second kappa shape index (κ2) is 10.9. The molecular weight excluding hydrogens is 423 g/mol. The lowest BCUT2D eigenvalue weighted by Gasteiger charge is -2.23. The van der Waals surface area contributed by atoms with Crippen molar-refractivity contribution in [3.05, 3.63) is 21.9 Å². The van der Waals surface area contributed by atoms with Crippen LogP contribution in [0.5, 0.6) is 0 Å². The number of aryl methyl sites for hydroxylation is 1. The number of carbonyl (C=O) groups excluding carboxylic acids is 1. The lowest BCUT2D eigenvalue weighted by atomic mass is 9.95. The van der Waals surface area contributed by atoms with Gasteiger partial charge in [-0.1, -0.05) is 19.3 Å². The van der Waals surface area contributed by atoms with Crippen LogP contribution in [0.15, 0.2) is 17.1 Å². The fraction of sp³-hybridized carbons (Fsp3) is 0.625. The molecule has 0 spiro atoms. The number of nitrogens with zero attached hydrogens (tertiary/aromatic N) is 1. The predicted octanol–water partition coefficient (Wildman–Crippen LogP) is 2.79. The van der Waals surface area contributed by atoms with Gasteiger partial charge in [0.05, 0.1) is 13.1 Å². The van der Waals surface area contributed by atoms with Crippen molar-refractivity contribution < 1.29 is 4.79 Å². The van der Waals surface area contributed by atoms with Crippen LogP contribution in [0, 0.1) is 6.92 Å². The largest absolute Gasteiger partial charge is 0.352 e. The normalized spacial score (nSPS) is 15.7. The number of hydrogen-bond acceptors (Lipinski definition) is 3. The first kappa shape index (κ1) is 20.2. The van der Waals surface area contributed by atoms with E-state index in [1.165, 1.54) is 29.0 Å². The summed E-state index contributed by atoms with van der Waals surface area (Å²) >= 11 is 1.76. The molecule has 0 atom stereocenters. The van der Waals surface area contributed by atoms with Crippen molar-refractivity contribution in [2.24, 2.45) is 4.99 Å². The van der Waals surface area contributed by atoms with E-state index in [0.717, 1.165) is 19.4 Å². The number of guanidine groups is 1. The molecule has 1 fully saturated rings. The maximum atomic E-state index is 12.0. The van der Waals surface area contributed by atoms with Crippen molar-refractivity contribution in [2.75, 3.05) is 13.6 Å². The lowest BCUT2D eigenvalue weighted by Crippen LogP contribution is -2.45. The standard InChI is InChI=1S/C16H26N4OS.HI/c1-12-8-9-14(22-12)10-18-16(17-2)19-11-15(21)20-13-6-4-3-5-7-13;/h8-9,13H,3-7,10-11H2,1-2H3,(H,20,21)(H2,17,18,19);1H. The van der Waals surface area contributed by atoms with Crippen molar-refractivity contribution in [1.29, 1.82) is 0 Å². The smallest absolute Gasteiger partial charge is 0.239 e. The zero-order valence-corrected chi connectivity index (χ0v) is 17.0. The van der Waals surface area contributed by atoms with Crippen molar-refractivity contribution in [2.45, 2.75) is 51.6 Å². The Hall–Kier alpha value is -0.830. The molecule has 0 radical (unpaired) electrons. The summed E-state index contributed by atoms with van der Waals surface area (Å²) in [6, 6.07) is 4.57. The summed E-state index contributed by atoms with van der Waals surface area (Å²) in [6.45, 7) is 3.08. The Labute approximate surface area is 159 Å². The average molecular weight is 450 g/mol. The molecule has 0 saturated heterocycles. The van der Waals surface area contributed by atoms with Gasteiger partial charge in [-0.15, -0.1) is 35.3 Å². The topological polar surface area (TPSA) is 65.5 Å². The van der Waals surface area contributed by atoms with E-state index in [-0.39, 0.29) is 36.4 Å². The summed E-state index contributed by atoms with van der Waals surface area (Å²) in [7, 11) is 1.72. The third-order valence-corrected chi connectivity index (χ3v) is 4.84. The SMILES string of the molecule is CN=C(NCC(=O)NC1CCCCC1)NCc1ccc(C)s1.I. The van der Waals surface area contributed by atoms with Crippen molar-refractivity contribution in [1.82, 2.24) is 16.0 Å². The highest BCUT2D eigenvalue weighted by molar-refractivity contribution is 14.0. The summed E-state index contributed by atoms with van der Waals surface area (Å²) in [6.07, 6.45) is 5.96. The number of nitrogens with one attached hydrogen (secondary N) is 3. The predicted molar refractivity (Wildman–Crippen MR) is 108 cm³/mol. The molecule has 1 aliphatic rings. The van der Waals surface area contributed by atoms with E-state index in [9.17, 15) is 4.79 Å². The molecule has 23 heavy (non-hydrogen) atoms. The molecule has 3 N–H and O–H groups in total. The minimum atomic E-state index is 0. The van der Waals surface area contributed by atoms with Crippen molar-refractivity contribution in [3.63, 3.8) is 0 Å². The number of hydrogen-bond donors (Lipinski definition) is 3. The van der Waals surface area contributed by atoms with Gasteiger partial charge in [-0.2, -0.15) is 0 Å². The molecule has 7 heteroatoms. The van der Waals surface area contributed by atoms with Crippen molar-refractivity contribution in [3.8, 4) is 0 Å². The van der Waals surface area contributed by atoms with Crippen LogP contribution in [0.25, 0.3) is 0 Å². The van der Waals surface area contributed by atoms with Gasteiger partial charge in [0.15, 0.2) is 5.96 Å². The molecule has 0 aromatic carbocycles. The summed E-state index contributed by atoms with van der Waals surface area (Å²) in [5, 5.41) is 9.39. The maximum absolute atomic E-state index is 12.0. The van der Waals surface area contributed by atoms with Crippen LogP contribution in [0.1, 0.15) is 41.9 Å². The molecular formula is C16H27IN4OS. The van der Waals surface area contributed by atoms with Gasteiger partial charge in [0.2, 0.25) is 5.91 Å². The van der Waals surface area contributed by atoms with Gasteiger partial charge in [0.25, 0.3) is 0 Å². The second-order valence-corrected chi connectivity index (χ2v) is 7.07. The molecule has 1 aliphatic carbocycles. The van der Waals surface area contributed by atoms with Crippen LogP contribution < -0.4 is 16.0 Å². The Morgan fingerprint density at radius 3 is 2.61 bits per heavy atom. The molecule has 1 aromatic heterocycles. The van der Waals surface area contributed by atoms with Gasteiger partial charge < -0.3 is 16.0 Å². The van der Waals surface area contributed by atoms with Gasteiger partial charge in [-0.25, -0.2) is 0 Å². The van der Waals surface area contributed by atoms with Gasteiger partial charge in [0, 0.05) is 22.8 Å². The highest BCUT2D eigenvalue weighted by Gasteiger charge is 2.15. The Kier molecular flexibility index (Phi) is 9.54. The first-order chi connectivity index (χ1) is 10.7. The number of halogens is 1.